The third kappa shape index (κ3) is 3.04. The largest absolute Gasteiger partial charge is 0.438 e. The third-order valence-electron chi connectivity index (χ3n) is 3.68. The number of aromatic nitrogens is 2. The second kappa shape index (κ2) is 4.97. The third-order valence-corrected chi connectivity index (χ3v) is 3.68. The maximum Gasteiger partial charge on any atom is 0.438 e. The Morgan fingerprint density at radius 1 is 1.09 bits per heavy atom. The van der Waals surface area contributed by atoms with Crippen LogP contribution in [0.3, 0.4) is 0 Å². The van der Waals surface area contributed by atoms with Crippen LogP contribution in [-0.4, -0.2) is 9.55 Å². The molecule has 0 amide bonds. The maximum atomic E-state index is 12.9. The van der Waals surface area contributed by atoms with Gasteiger partial charge in [0.05, 0.1) is 16.6 Å². The van der Waals surface area contributed by atoms with Crippen LogP contribution in [0.25, 0.3) is 11.0 Å². The SMILES string of the molecule is O=c1c(C(F)(F)F)nc2ccc(C(F)(F)F)cc2n1CC1CC1. The predicted molar refractivity (Wildman–Crippen MR) is 68.7 cm³/mol. The lowest BCUT2D eigenvalue weighted by atomic mass is 10.1. The van der Waals surface area contributed by atoms with Crippen LogP contribution in [0.1, 0.15) is 24.1 Å². The van der Waals surface area contributed by atoms with E-state index in [4.69, 9.17) is 0 Å². The molecule has 0 atom stereocenters. The first-order chi connectivity index (χ1) is 10.6. The van der Waals surface area contributed by atoms with E-state index in [9.17, 15) is 31.1 Å². The summed E-state index contributed by atoms with van der Waals surface area (Å²) in [5, 5.41) is 0. The average Bonchev–Trinajstić information content (AvgIpc) is 3.22. The number of hydrogen-bond acceptors (Lipinski definition) is 2. The molecule has 2 aromatic rings. The molecule has 1 fully saturated rings. The number of hydrogen-bond donors (Lipinski definition) is 0. The van der Waals surface area contributed by atoms with Gasteiger partial charge < -0.3 is 4.57 Å². The van der Waals surface area contributed by atoms with Crippen molar-refractivity contribution in [3.63, 3.8) is 0 Å². The van der Waals surface area contributed by atoms with Crippen molar-refractivity contribution in [1.29, 1.82) is 0 Å². The second-order valence-electron chi connectivity index (χ2n) is 5.52. The summed E-state index contributed by atoms with van der Waals surface area (Å²) >= 11 is 0. The minimum Gasteiger partial charge on any atom is -0.305 e. The molecule has 1 aliphatic rings. The molecule has 0 radical (unpaired) electrons. The number of nitrogens with zero attached hydrogens (tertiary/aromatic N) is 2. The molecule has 1 aliphatic carbocycles. The van der Waals surface area contributed by atoms with E-state index in [1.54, 1.807) is 0 Å². The van der Waals surface area contributed by atoms with Gasteiger partial charge in [-0.1, -0.05) is 0 Å². The molecular formula is C14H10F6N2O. The highest BCUT2D eigenvalue weighted by atomic mass is 19.4. The lowest BCUT2D eigenvalue weighted by molar-refractivity contribution is -0.142. The molecule has 0 N–H and O–H groups in total. The topological polar surface area (TPSA) is 34.9 Å². The van der Waals surface area contributed by atoms with Gasteiger partial charge in [0.1, 0.15) is 0 Å². The Labute approximate surface area is 125 Å². The van der Waals surface area contributed by atoms with Crippen molar-refractivity contribution in [3.8, 4) is 0 Å². The summed E-state index contributed by atoms with van der Waals surface area (Å²) in [7, 11) is 0. The summed E-state index contributed by atoms with van der Waals surface area (Å²) in [6, 6.07) is 2.18. The Bertz CT molecular complexity index is 817. The molecule has 3 nitrogen and oxygen atoms in total. The van der Waals surface area contributed by atoms with E-state index < -0.39 is 29.2 Å². The van der Waals surface area contributed by atoms with E-state index in [-0.39, 0.29) is 23.5 Å². The summed E-state index contributed by atoms with van der Waals surface area (Å²) in [6.45, 7) is -0.0394. The normalized spacial score (nSPS) is 16.1. The van der Waals surface area contributed by atoms with Gasteiger partial charge in [0, 0.05) is 6.54 Å². The van der Waals surface area contributed by atoms with Gasteiger partial charge in [-0.15, -0.1) is 0 Å². The first kappa shape index (κ1) is 15.8. The number of rotatable bonds is 2. The van der Waals surface area contributed by atoms with Crippen LogP contribution >= 0.6 is 0 Å². The van der Waals surface area contributed by atoms with Crippen LogP contribution in [0, 0.1) is 5.92 Å². The lowest BCUT2D eigenvalue weighted by Crippen LogP contribution is -2.31. The molecular weight excluding hydrogens is 326 g/mol. The number of fused-ring (bicyclic) bond motifs is 1. The molecule has 1 heterocycles. The van der Waals surface area contributed by atoms with Crippen LogP contribution in [0.2, 0.25) is 0 Å². The Hall–Kier alpha value is -2.06. The Morgan fingerprint density at radius 3 is 2.26 bits per heavy atom. The Kier molecular flexibility index (Phi) is 3.42. The lowest BCUT2D eigenvalue weighted by Gasteiger charge is -2.15. The summed E-state index contributed by atoms with van der Waals surface area (Å²) in [5.41, 5.74) is -4.56. The van der Waals surface area contributed by atoms with Gasteiger partial charge >= 0.3 is 12.4 Å². The fourth-order valence-corrected chi connectivity index (χ4v) is 2.34. The summed E-state index contributed by atoms with van der Waals surface area (Å²) in [5.74, 6) is 0.00827. The van der Waals surface area contributed by atoms with Crippen LogP contribution in [-0.2, 0) is 18.9 Å². The van der Waals surface area contributed by atoms with Crippen molar-refractivity contribution < 1.29 is 26.3 Å². The van der Waals surface area contributed by atoms with Gasteiger partial charge in [0.15, 0.2) is 0 Å². The van der Waals surface area contributed by atoms with E-state index in [0.29, 0.717) is 12.1 Å². The number of halogens is 6. The van der Waals surface area contributed by atoms with Crippen molar-refractivity contribution in [2.24, 2.45) is 5.92 Å². The van der Waals surface area contributed by atoms with Gasteiger partial charge in [-0.3, -0.25) is 4.79 Å². The van der Waals surface area contributed by atoms with Crippen LogP contribution in [0.5, 0.6) is 0 Å². The summed E-state index contributed by atoms with van der Waals surface area (Å²) < 4.78 is 77.9. The molecule has 1 aromatic carbocycles. The Balaban J connectivity index is 2.29. The monoisotopic (exact) mass is 336 g/mol. The highest BCUT2D eigenvalue weighted by Crippen LogP contribution is 2.34. The van der Waals surface area contributed by atoms with E-state index in [1.165, 1.54) is 0 Å². The standard InChI is InChI=1S/C14H10F6N2O/c15-13(16,17)8-3-4-9-10(5-8)22(6-7-1-2-7)12(23)11(21-9)14(18,19)20/h3-5,7H,1-2,6H2. The molecule has 23 heavy (non-hydrogen) atoms. The fourth-order valence-electron chi connectivity index (χ4n) is 2.34. The van der Waals surface area contributed by atoms with E-state index in [2.05, 4.69) is 4.98 Å². The maximum absolute atomic E-state index is 12.9. The van der Waals surface area contributed by atoms with Gasteiger partial charge in [-0.05, 0) is 37.0 Å². The molecule has 1 aromatic heterocycles. The van der Waals surface area contributed by atoms with Crippen molar-refractivity contribution in [3.05, 3.63) is 39.8 Å². The van der Waals surface area contributed by atoms with Gasteiger partial charge in [-0.2, -0.15) is 26.3 Å². The Morgan fingerprint density at radius 2 is 1.74 bits per heavy atom. The zero-order chi connectivity index (χ0) is 17.0. The molecule has 0 saturated heterocycles. The van der Waals surface area contributed by atoms with E-state index >= 15 is 0 Å². The molecule has 9 heteroatoms. The zero-order valence-electron chi connectivity index (χ0n) is 11.5. The number of benzene rings is 1. The molecule has 124 valence electrons. The molecule has 3 rings (SSSR count). The minimum absolute atomic E-state index is 0.00827. The predicted octanol–water partition coefficient (Wildman–Crippen LogP) is 3.84. The van der Waals surface area contributed by atoms with Crippen LogP contribution in [0.15, 0.2) is 23.0 Å². The molecule has 0 bridgehead atoms. The highest BCUT2D eigenvalue weighted by molar-refractivity contribution is 5.76. The highest BCUT2D eigenvalue weighted by Gasteiger charge is 2.38. The molecule has 1 saturated carbocycles. The second-order valence-corrected chi connectivity index (χ2v) is 5.52. The smallest absolute Gasteiger partial charge is 0.305 e. The van der Waals surface area contributed by atoms with E-state index in [1.807, 2.05) is 0 Å². The van der Waals surface area contributed by atoms with E-state index in [0.717, 1.165) is 23.5 Å². The number of alkyl halides is 6. The van der Waals surface area contributed by atoms with Crippen molar-refractivity contribution in [2.75, 3.05) is 0 Å². The summed E-state index contributed by atoms with van der Waals surface area (Å²) in [4.78, 5) is 15.3. The fraction of sp³-hybridized carbons (Fsp3) is 0.429. The van der Waals surface area contributed by atoms with Crippen molar-refractivity contribution in [1.82, 2.24) is 9.55 Å². The van der Waals surface area contributed by atoms with Crippen molar-refractivity contribution in [2.45, 2.75) is 31.7 Å². The summed E-state index contributed by atoms with van der Waals surface area (Å²) in [6.07, 6.45) is -8.15. The quantitative estimate of drug-likeness (QED) is 0.781. The first-order valence-corrected chi connectivity index (χ1v) is 6.76. The van der Waals surface area contributed by atoms with Gasteiger partial charge in [0.2, 0.25) is 5.69 Å². The zero-order valence-corrected chi connectivity index (χ0v) is 11.5. The molecule has 0 spiro atoms. The van der Waals surface area contributed by atoms with Gasteiger partial charge in [0.25, 0.3) is 5.56 Å². The first-order valence-electron chi connectivity index (χ1n) is 6.76. The van der Waals surface area contributed by atoms with Crippen LogP contribution < -0.4 is 5.56 Å². The van der Waals surface area contributed by atoms with Crippen molar-refractivity contribution >= 4 is 11.0 Å². The average molecular weight is 336 g/mol. The minimum atomic E-state index is -4.96. The van der Waals surface area contributed by atoms with Crippen LogP contribution in [0.4, 0.5) is 26.3 Å². The molecule has 0 unspecified atom stereocenters. The van der Waals surface area contributed by atoms with Gasteiger partial charge in [-0.25, -0.2) is 4.98 Å². The molecule has 0 aliphatic heterocycles.